The van der Waals surface area contributed by atoms with Crippen LogP contribution < -0.4 is 20.7 Å². The Balaban J connectivity index is 2.24. The average Bonchev–Trinajstić information content (AvgIpc) is 2.66. The number of ether oxygens (including phenoxy) is 1. The van der Waals surface area contributed by atoms with E-state index in [1.807, 2.05) is 0 Å². The van der Waals surface area contributed by atoms with E-state index in [1.165, 1.54) is 38.4 Å². The Morgan fingerprint density at radius 1 is 1.07 bits per heavy atom. The third-order valence-corrected chi connectivity index (χ3v) is 5.82. The molecule has 156 valence electrons. The number of carbonyl (C=O) groups is 2. The maximum Gasteiger partial charge on any atom is 0.262 e. The monoisotopic (exact) mass is 420 g/mol. The summed E-state index contributed by atoms with van der Waals surface area (Å²) in [5, 5.41) is 2.66. The molecule has 2 aromatic carbocycles. The summed E-state index contributed by atoms with van der Waals surface area (Å²) in [5.41, 5.74) is 6.39. The molecular weight excluding hydrogens is 396 g/mol. The second-order valence-corrected chi connectivity index (χ2v) is 8.71. The van der Waals surface area contributed by atoms with E-state index < -0.39 is 21.8 Å². The summed E-state index contributed by atoms with van der Waals surface area (Å²) in [4.78, 5) is 25.6. The van der Waals surface area contributed by atoms with E-state index in [0.29, 0.717) is 11.4 Å². The second kappa shape index (κ2) is 8.93. The van der Waals surface area contributed by atoms with Gasteiger partial charge in [-0.15, -0.1) is 0 Å². The largest absolute Gasteiger partial charge is 0.483 e. The van der Waals surface area contributed by atoms with Gasteiger partial charge in [0.1, 0.15) is 5.75 Å². The number of primary amides is 1. The zero-order valence-electron chi connectivity index (χ0n) is 16.7. The molecule has 0 aromatic heterocycles. The van der Waals surface area contributed by atoms with Crippen LogP contribution in [0.5, 0.6) is 5.75 Å². The number of amides is 2. The Kier molecular flexibility index (Phi) is 6.83. The van der Waals surface area contributed by atoms with Crippen molar-refractivity contribution in [3.63, 3.8) is 0 Å². The van der Waals surface area contributed by atoms with Gasteiger partial charge in [-0.3, -0.25) is 9.59 Å². The summed E-state index contributed by atoms with van der Waals surface area (Å²) in [5.74, 6) is -1.00. The van der Waals surface area contributed by atoms with E-state index in [1.54, 1.807) is 37.2 Å². The van der Waals surface area contributed by atoms with Crippen LogP contribution in [0.2, 0.25) is 0 Å². The molecule has 2 amide bonds. The topological polar surface area (TPSA) is 122 Å². The van der Waals surface area contributed by atoms with Crippen LogP contribution in [0, 0.1) is 0 Å². The molecule has 0 heterocycles. The predicted molar refractivity (Wildman–Crippen MR) is 111 cm³/mol. The molecule has 2 aromatic rings. The SMILES string of the molecule is CN(C)c1ccc(S(=O)(=O)N(C)C)cc1NC(=O)COc1ccccc1C(N)=O. The predicted octanol–water partition coefficient (Wildman–Crippen LogP) is 1.12. The van der Waals surface area contributed by atoms with Gasteiger partial charge < -0.3 is 20.7 Å². The molecule has 3 N–H and O–H groups in total. The molecule has 0 aliphatic heterocycles. The fourth-order valence-electron chi connectivity index (χ4n) is 2.50. The van der Waals surface area contributed by atoms with Crippen LogP contribution >= 0.6 is 0 Å². The van der Waals surface area contributed by atoms with Crippen molar-refractivity contribution in [3.8, 4) is 5.75 Å². The van der Waals surface area contributed by atoms with Crippen LogP contribution in [-0.4, -0.2) is 59.3 Å². The quantitative estimate of drug-likeness (QED) is 0.660. The first-order valence-corrected chi connectivity index (χ1v) is 10.0. The normalized spacial score (nSPS) is 11.2. The number of anilines is 2. The number of carbonyl (C=O) groups excluding carboxylic acids is 2. The molecule has 0 aliphatic rings. The summed E-state index contributed by atoms with van der Waals surface area (Å²) in [6, 6.07) is 10.8. The van der Waals surface area contributed by atoms with Crippen molar-refractivity contribution in [2.75, 3.05) is 45.0 Å². The van der Waals surface area contributed by atoms with E-state index in [0.717, 1.165) is 4.31 Å². The average molecular weight is 420 g/mol. The van der Waals surface area contributed by atoms with Gasteiger partial charge in [0, 0.05) is 28.2 Å². The first-order valence-electron chi connectivity index (χ1n) is 8.59. The second-order valence-electron chi connectivity index (χ2n) is 6.56. The molecular formula is C19H24N4O5S. The Morgan fingerprint density at radius 2 is 1.72 bits per heavy atom. The van der Waals surface area contributed by atoms with Crippen LogP contribution in [0.3, 0.4) is 0 Å². The molecule has 0 saturated heterocycles. The molecule has 0 aliphatic carbocycles. The number of nitrogens with two attached hydrogens (primary N) is 1. The number of nitrogens with zero attached hydrogens (tertiary/aromatic N) is 2. The lowest BCUT2D eigenvalue weighted by Crippen LogP contribution is -2.25. The minimum Gasteiger partial charge on any atom is -0.483 e. The van der Waals surface area contributed by atoms with Crippen LogP contribution in [0.15, 0.2) is 47.4 Å². The first-order chi connectivity index (χ1) is 13.5. The van der Waals surface area contributed by atoms with Crippen molar-refractivity contribution in [1.29, 1.82) is 0 Å². The standard InChI is InChI=1S/C19H24N4O5S/c1-22(2)16-10-9-13(29(26,27)23(3)4)11-15(16)21-18(24)12-28-17-8-6-5-7-14(17)19(20)25/h5-11H,12H2,1-4H3,(H2,20,25)(H,21,24). The van der Waals surface area contributed by atoms with Gasteiger partial charge in [0.2, 0.25) is 10.0 Å². The number of sulfonamides is 1. The molecule has 0 fully saturated rings. The molecule has 9 nitrogen and oxygen atoms in total. The minimum absolute atomic E-state index is 0.0448. The van der Waals surface area contributed by atoms with Gasteiger partial charge in [0.15, 0.2) is 6.61 Å². The van der Waals surface area contributed by atoms with Crippen molar-refractivity contribution in [2.24, 2.45) is 5.73 Å². The molecule has 0 unspecified atom stereocenters. The lowest BCUT2D eigenvalue weighted by Gasteiger charge is -2.20. The number of hydrogen-bond donors (Lipinski definition) is 2. The Hall–Kier alpha value is -3.11. The van der Waals surface area contributed by atoms with Gasteiger partial charge in [-0.2, -0.15) is 0 Å². The third-order valence-electron chi connectivity index (χ3n) is 4.01. The maximum atomic E-state index is 12.4. The Bertz CT molecular complexity index is 1020. The van der Waals surface area contributed by atoms with Gasteiger partial charge in [-0.25, -0.2) is 12.7 Å². The smallest absolute Gasteiger partial charge is 0.262 e. The highest BCUT2D eigenvalue weighted by Crippen LogP contribution is 2.28. The molecule has 10 heteroatoms. The molecule has 2 rings (SSSR count). The maximum absolute atomic E-state index is 12.4. The third kappa shape index (κ3) is 5.24. The lowest BCUT2D eigenvalue weighted by atomic mass is 10.2. The zero-order valence-corrected chi connectivity index (χ0v) is 17.5. The van der Waals surface area contributed by atoms with Gasteiger partial charge >= 0.3 is 0 Å². The lowest BCUT2D eigenvalue weighted by molar-refractivity contribution is -0.118. The van der Waals surface area contributed by atoms with Crippen LogP contribution in [0.1, 0.15) is 10.4 Å². The van der Waals surface area contributed by atoms with Gasteiger partial charge in [-0.1, -0.05) is 12.1 Å². The molecule has 0 saturated carbocycles. The summed E-state index contributed by atoms with van der Waals surface area (Å²) in [6.45, 7) is -0.387. The van der Waals surface area contributed by atoms with Crippen molar-refractivity contribution in [2.45, 2.75) is 4.90 Å². The minimum atomic E-state index is -3.67. The summed E-state index contributed by atoms with van der Waals surface area (Å²) >= 11 is 0. The van der Waals surface area contributed by atoms with Crippen LogP contribution in [-0.2, 0) is 14.8 Å². The van der Waals surface area contributed by atoms with E-state index in [-0.39, 0.29) is 22.8 Å². The van der Waals surface area contributed by atoms with Crippen molar-refractivity contribution in [3.05, 3.63) is 48.0 Å². The van der Waals surface area contributed by atoms with Crippen LogP contribution in [0.4, 0.5) is 11.4 Å². The van der Waals surface area contributed by atoms with E-state index >= 15 is 0 Å². The molecule has 0 radical (unpaired) electrons. The molecule has 0 bridgehead atoms. The van der Waals surface area contributed by atoms with Crippen molar-refractivity contribution in [1.82, 2.24) is 4.31 Å². The highest BCUT2D eigenvalue weighted by molar-refractivity contribution is 7.89. The fourth-order valence-corrected chi connectivity index (χ4v) is 3.43. The van der Waals surface area contributed by atoms with E-state index in [2.05, 4.69) is 5.32 Å². The molecule has 29 heavy (non-hydrogen) atoms. The number of benzene rings is 2. The van der Waals surface area contributed by atoms with Crippen molar-refractivity contribution < 1.29 is 22.7 Å². The Morgan fingerprint density at radius 3 is 2.31 bits per heavy atom. The summed E-state index contributed by atoms with van der Waals surface area (Å²) in [6.07, 6.45) is 0. The number of hydrogen-bond acceptors (Lipinski definition) is 6. The van der Waals surface area contributed by atoms with Gasteiger partial charge in [0.25, 0.3) is 11.8 Å². The summed E-state index contributed by atoms with van der Waals surface area (Å²) < 4.78 is 31.3. The zero-order chi connectivity index (χ0) is 21.8. The van der Waals surface area contributed by atoms with E-state index in [4.69, 9.17) is 10.5 Å². The van der Waals surface area contributed by atoms with Gasteiger partial charge in [-0.05, 0) is 30.3 Å². The number of rotatable bonds is 8. The highest BCUT2D eigenvalue weighted by atomic mass is 32.2. The number of nitrogens with one attached hydrogen (secondary N) is 1. The summed E-state index contributed by atoms with van der Waals surface area (Å²) in [7, 11) is 2.73. The van der Waals surface area contributed by atoms with Crippen molar-refractivity contribution >= 4 is 33.2 Å². The highest BCUT2D eigenvalue weighted by Gasteiger charge is 2.20. The van der Waals surface area contributed by atoms with E-state index in [9.17, 15) is 18.0 Å². The van der Waals surface area contributed by atoms with Crippen LogP contribution in [0.25, 0.3) is 0 Å². The molecule has 0 atom stereocenters. The Labute approximate surface area is 170 Å². The first kappa shape index (κ1) is 22.2. The van der Waals surface area contributed by atoms with Gasteiger partial charge in [0.05, 0.1) is 21.8 Å². The fraction of sp³-hybridized carbons (Fsp3) is 0.263. The number of para-hydroxylation sites is 1. The molecule has 0 spiro atoms.